The molecule has 0 aromatic heterocycles. The topological polar surface area (TPSA) is 36.9 Å². The van der Waals surface area contributed by atoms with Gasteiger partial charge in [0.1, 0.15) is 12.2 Å². The van der Waals surface area contributed by atoms with Crippen molar-refractivity contribution < 1.29 is 18.9 Å². The lowest BCUT2D eigenvalue weighted by atomic mass is 9.99. The van der Waals surface area contributed by atoms with Crippen LogP contribution in [-0.4, -0.2) is 37.8 Å². The Hall–Kier alpha value is -0.940. The fourth-order valence-electron chi connectivity index (χ4n) is 2.98. The van der Waals surface area contributed by atoms with Crippen molar-refractivity contribution in [2.24, 2.45) is 0 Å². The molecule has 0 saturated carbocycles. The van der Waals surface area contributed by atoms with Crippen LogP contribution >= 0.6 is 0 Å². The van der Waals surface area contributed by atoms with Crippen LogP contribution in [0.1, 0.15) is 25.3 Å². The standard InChI is InChI=1S/C16H22O4/c1-3-12-15-13(17-2)9-14(16(19-12)20-15)18-10-11-7-5-4-6-8-11/h4-8,12-16H,3,9-10H2,1-2H3/t12-,13-,14+,15+,16+/m1/s1. The van der Waals surface area contributed by atoms with Crippen molar-refractivity contribution in [3.63, 3.8) is 0 Å². The number of benzene rings is 1. The molecule has 0 N–H and O–H groups in total. The molecule has 20 heavy (non-hydrogen) atoms. The Balaban J connectivity index is 1.62. The van der Waals surface area contributed by atoms with Crippen molar-refractivity contribution in [3.05, 3.63) is 35.9 Å². The molecule has 2 aliphatic rings. The highest BCUT2D eigenvalue weighted by Gasteiger charge is 2.49. The van der Waals surface area contributed by atoms with Gasteiger partial charge in [0.05, 0.1) is 18.8 Å². The van der Waals surface area contributed by atoms with E-state index in [1.54, 1.807) is 7.11 Å². The number of hydrogen-bond donors (Lipinski definition) is 0. The van der Waals surface area contributed by atoms with Gasteiger partial charge in [0.25, 0.3) is 0 Å². The minimum absolute atomic E-state index is 0.0478. The van der Waals surface area contributed by atoms with E-state index in [9.17, 15) is 0 Å². The second-order valence-electron chi connectivity index (χ2n) is 5.40. The first-order chi connectivity index (χ1) is 9.81. The van der Waals surface area contributed by atoms with Gasteiger partial charge in [-0.15, -0.1) is 0 Å². The zero-order chi connectivity index (χ0) is 13.9. The van der Waals surface area contributed by atoms with Crippen LogP contribution in [0.4, 0.5) is 0 Å². The first kappa shape index (κ1) is 14.0. The van der Waals surface area contributed by atoms with E-state index in [1.165, 1.54) is 0 Å². The van der Waals surface area contributed by atoms with Crippen molar-refractivity contribution in [2.75, 3.05) is 7.11 Å². The third kappa shape index (κ3) is 2.74. The van der Waals surface area contributed by atoms with Crippen LogP contribution in [0, 0.1) is 0 Å². The Morgan fingerprint density at radius 1 is 1.15 bits per heavy atom. The highest BCUT2D eigenvalue weighted by molar-refractivity contribution is 5.13. The predicted octanol–water partition coefficient (Wildman–Crippen LogP) is 2.51. The van der Waals surface area contributed by atoms with Crippen LogP contribution in [0.2, 0.25) is 0 Å². The van der Waals surface area contributed by atoms with Crippen molar-refractivity contribution >= 4 is 0 Å². The van der Waals surface area contributed by atoms with Crippen LogP contribution < -0.4 is 0 Å². The van der Waals surface area contributed by atoms with Crippen molar-refractivity contribution in [1.82, 2.24) is 0 Å². The van der Waals surface area contributed by atoms with Crippen LogP contribution in [0.3, 0.4) is 0 Å². The summed E-state index contributed by atoms with van der Waals surface area (Å²) >= 11 is 0. The van der Waals surface area contributed by atoms with Gasteiger partial charge in [0, 0.05) is 13.5 Å². The van der Waals surface area contributed by atoms with Crippen LogP contribution in [0.5, 0.6) is 0 Å². The predicted molar refractivity (Wildman–Crippen MR) is 74.3 cm³/mol. The monoisotopic (exact) mass is 278 g/mol. The lowest BCUT2D eigenvalue weighted by molar-refractivity contribution is -0.206. The molecule has 0 aliphatic carbocycles. The highest BCUT2D eigenvalue weighted by atomic mass is 16.8. The molecule has 3 rings (SSSR count). The summed E-state index contributed by atoms with van der Waals surface area (Å²) in [6.45, 7) is 2.69. The Kier molecular flexibility index (Phi) is 4.36. The molecule has 4 heteroatoms. The summed E-state index contributed by atoms with van der Waals surface area (Å²) in [5, 5.41) is 0. The zero-order valence-corrected chi connectivity index (χ0v) is 12.0. The van der Waals surface area contributed by atoms with Crippen LogP contribution in [-0.2, 0) is 25.6 Å². The van der Waals surface area contributed by atoms with E-state index in [2.05, 4.69) is 19.1 Å². The molecule has 0 radical (unpaired) electrons. The SMILES string of the molecule is CC[C@H]1O[C@H]2O[C@@H]1[C@H](OC)C[C@@H]2OCc1ccccc1. The average Bonchev–Trinajstić information content (AvgIpc) is 2.87. The zero-order valence-electron chi connectivity index (χ0n) is 12.0. The molecule has 2 fully saturated rings. The lowest BCUT2D eigenvalue weighted by Gasteiger charge is -2.33. The molecule has 0 spiro atoms. The van der Waals surface area contributed by atoms with E-state index < -0.39 is 0 Å². The molecule has 1 aromatic rings. The summed E-state index contributed by atoms with van der Waals surface area (Å²) in [7, 11) is 1.73. The van der Waals surface area contributed by atoms with Crippen LogP contribution in [0.25, 0.3) is 0 Å². The molecule has 0 unspecified atom stereocenters. The van der Waals surface area contributed by atoms with Crippen LogP contribution in [0.15, 0.2) is 30.3 Å². The van der Waals surface area contributed by atoms with Gasteiger partial charge in [-0.05, 0) is 12.0 Å². The molecule has 2 saturated heterocycles. The molecule has 5 atom stereocenters. The summed E-state index contributed by atoms with van der Waals surface area (Å²) in [5.41, 5.74) is 1.16. The fraction of sp³-hybridized carbons (Fsp3) is 0.625. The maximum absolute atomic E-state index is 5.99. The molecule has 2 bridgehead atoms. The molecule has 4 nitrogen and oxygen atoms in total. The minimum atomic E-state index is -0.250. The van der Waals surface area contributed by atoms with E-state index in [0.29, 0.717) is 6.61 Å². The minimum Gasteiger partial charge on any atom is -0.379 e. The van der Waals surface area contributed by atoms with Gasteiger partial charge in [-0.25, -0.2) is 0 Å². The third-order valence-corrected chi connectivity index (χ3v) is 4.11. The first-order valence-corrected chi connectivity index (χ1v) is 7.31. The molecule has 0 amide bonds. The van der Waals surface area contributed by atoms with E-state index in [0.717, 1.165) is 18.4 Å². The Bertz CT molecular complexity index is 422. The van der Waals surface area contributed by atoms with E-state index in [4.69, 9.17) is 18.9 Å². The average molecular weight is 278 g/mol. The first-order valence-electron chi connectivity index (χ1n) is 7.31. The number of fused-ring (bicyclic) bond motifs is 2. The molecule has 2 aliphatic heterocycles. The van der Waals surface area contributed by atoms with Gasteiger partial charge in [0.15, 0.2) is 6.29 Å². The number of rotatable bonds is 5. The quantitative estimate of drug-likeness (QED) is 0.829. The molecular weight excluding hydrogens is 256 g/mol. The fourth-order valence-corrected chi connectivity index (χ4v) is 2.98. The normalized spacial score (nSPS) is 36.2. The van der Waals surface area contributed by atoms with E-state index >= 15 is 0 Å². The molecule has 1 aromatic carbocycles. The van der Waals surface area contributed by atoms with Gasteiger partial charge in [-0.2, -0.15) is 0 Å². The number of methoxy groups -OCH3 is 1. The summed E-state index contributed by atoms with van der Waals surface area (Å²) in [6, 6.07) is 10.2. The Labute approximate surface area is 120 Å². The van der Waals surface area contributed by atoms with E-state index in [-0.39, 0.29) is 30.7 Å². The largest absolute Gasteiger partial charge is 0.379 e. The van der Waals surface area contributed by atoms with Gasteiger partial charge in [-0.1, -0.05) is 37.3 Å². The van der Waals surface area contributed by atoms with Gasteiger partial charge in [0.2, 0.25) is 0 Å². The highest BCUT2D eigenvalue weighted by Crippen LogP contribution is 2.36. The Morgan fingerprint density at radius 3 is 2.65 bits per heavy atom. The Morgan fingerprint density at radius 2 is 1.95 bits per heavy atom. The maximum Gasteiger partial charge on any atom is 0.184 e. The molecule has 2 heterocycles. The number of hydrogen-bond acceptors (Lipinski definition) is 4. The van der Waals surface area contributed by atoms with Crippen molar-refractivity contribution in [2.45, 2.75) is 57.1 Å². The molecular formula is C16H22O4. The summed E-state index contributed by atoms with van der Waals surface area (Å²) in [4.78, 5) is 0. The van der Waals surface area contributed by atoms with Gasteiger partial charge < -0.3 is 18.9 Å². The second-order valence-corrected chi connectivity index (χ2v) is 5.40. The second kappa shape index (κ2) is 6.22. The van der Waals surface area contributed by atoms with Crippen molar-refractivity contribution in [1.29, 1.82) is 0 Å². The molecule has 110 valence electrons. The van der Waals surface area contributed by atoms with Gasteiger partial charge in [-0.3, -0.25) is 0 Å². The summed E-state index contributed by atoms with van der Waals surface area (Å²) < 4.78 is 23.4. The van der Waals surface area contributed by atoms with Gasteiger partial charge >= 0.3 is 0 Å². The van der Waals surface area contributed by atoms with Crippen molar-refractivity contribution in [3.8, 4) is 0 Å². The summed E-state index contributed by atoms with van der Waals surface area (Å²) in [6.07, 6.45) is 1.68. The summed E-state index contributed by atoms with van der Waals surface area (Å²) in [5.74, 6) is 0. The third-order valence-electron chi connectivity index (χ3n) is 4.11. The maximum atomic E-state index is 5.99. The lowest BCUT2D eigenvalue weighted by Crippen LogP contribution is -2.45. The number of ether oxygens (including phenoxy) is 4. The smallest absolute Gasteiger partial charge is 0.184 e. The van der Waals surface area contributed by atoms with E-state index in [1.807, 2.05) is 18.2 Å².